The third kappa shape index (κ3) is 4.23. The number of allylic oxidation sites excluding steroid dienone is 2. The summed E-state index contributed by atoms with van der Waals surface area (Å²) in [5.41, 5.74) is 2.37. The van der Waals surface area contributed by atoms with Crippen molar-refractivity contribution in [2.45, 2.75) is 31.6 Å². The number of Topliss-reactive ketones (excluding diaryl/α,β-unsaturated/α-hetero) is 1. The van der Waals surface area contributed by atoms with E-state index >= 15 is 0 Å². The Bertz CT molecular complexity index is 1770. The van der Waals surface area contributed by atoms with Gasteiger partial charge in [-0.15, -0.1) is 11.3 Å². The minimum atomic E-state index is -1.13. The van der Waals surface area contributed by atoms with E-state index in [9.17, 15) is 29.9 Å². The van der Waals surface area contributed by atoms with E-state index in [-0.39, 0.29) is 29.4 Å². The molecule has 1 aliphatic carbocycles. The molecule has 0 radical (unpaired) electrons. The van der Waals surface area contributed by atoms with Crippen LogP contribution in [0.25, 0.3) is 5.69 Å². The lowest BCUT2D eigenvalue weighted by atomic mass is 9.73. The van der Waals surface area contributed by atoms with Crippen molar-refractivity contribution in [3.8, 4) is 17.2 Å². The number of fused-ring (bicyclic) bond motifs is 1. The number of nitrogens with one attached hydrogen (secondary N) is 1. The molecule has 0 saturated carbocycles. The third-order valence-electron chi connectivity index (χ3n) is 7.60. The number of carbonyl (C=O) groups excluding carboxylic acids is 1. The van der Waals surface area contributed by atoms with Crippen LogP contribution in [0.4, 0.5) is 11.5 Å². The predicted molar refractivity (Wildman–Crippen MR) is 150 cm³/mol. The number of carboxylic acids is 1. The van der Waals surface area contributed by atoms with Crippen LogP contribution in [-0.2, 0) is 4.79 Å². The number of ether oxygens (including phenoxy) is 1. The second kappa shape index (κ2) is 9.89. The fourth-order valence-corrected chi connectivity index (χ4v) is 6.65. The number of hydrogen-bond donors (Lipinski definition) is 3. The fraction of sp³-hybridized carbons (Fsp3) is 0.207. The van der Waals surface area contributed by atoms with Gasteiger partial charge in [-0.05, 0) is 48.6 Å². The minimum absolute atomic E-state index is 0.0362. The summed E-state index contributed by atoms with van der Waals surface area (Å²) < 4.78 is 6.79. The number of ketones is 1. The van der Waals surface area contributed by atoms with Crippen LogP contribution >= 0.6 is 11.3 Å². The Balaban J connectivity index is 1.62. The van der Waals surface area contributed by atoms with Gasteiger partial charge in [0.1, 0.15) is 5.82 Å². The first-order valence-corrected chi connectivity index (χ1v) is 13.6. The SMILES string of the molecule is COc1cc(C2C3=C(CC(c4cccs4)CC3=O)Nc3c2c(C)nn3-c2ccccc2C(=O)O)cc([N+](=O)[O-])c1O. The van der Waals surface area contributed by atoms with Crippen molar-refractivity contribution in [2.24, 2.45) is 0 Å². The number of nitro benzene ring substituents is 1. The van der Waals surface area contributed by atoms with Crippen LogP contribution in [-0.4, -0.2) is 43.8 Å². The van der Waals surface area contributed by atoms with Crippen LogP contribution in [0.3, 0.4) is 0 Å². The van der Waals surface area contributed by atoms with Crippen molar-refractivity contribution in [3.05, 3.63) is 103 Å². The zero-order chi connectivity index (χ0) is 29.0. The number of anilines is 1. The average Bonchev–Trinajstić information content (AvgIpc) is 3.60. The van der Waals surface area contributed by atoms with Gasteiger partial charge < -0.3 is 20.3 Å². The molecule has 0 fully saturated rings. The monoisotopic (exact) mass is 572 g/mol. The van der Waals surface area contributed by atoms with Crippen LogP contribution in [0.2, 0.25) is 0 Å². The summed E-state index contributed by atoms with van der Waals surface area (Å²) in [6.45, 7) is 1.74. The molecule has 2 atom stereocenters. The number of methoxy groups -OCH3 is 1. The van der Waals surface area contributed by atoms with Crippen LogP contribution in [0.1, 0.15) is 56.7 Å². The topological polar surface area (TPSA) is 157 Å². The number of phenols is 1. The molecule has 0 spiro atoms. The van der Waals surface area contributed by atoms with Gasteiger partial charge in [-0.3, -0.25) is 14.9 Å². The predicted octanol–water partition coefficient (Wildman–Crippen LogP) is 5.52. The molecular formula is C29H24N4O7S. The lowest BCUT2D eigenvalue weighted by Crippen LogP contribution is -2.30. The lowest BCUT2D eigenvalue weighted by Gasteiger charge is -2.35. The fourth-order valence-electron chi connectivity index (χ4n) is 5.82. The van der Waals surface area contributed by atoms with E-state index in [1.54, 1.807) is 36.5 Å². The first-order valence-electron chi connectivity index (χ1n) is 12.7. The van der Waals surface area contributed by atoms with Gasteiger partial charge >= 0.3 is 11.7 Å². The average molecular weight is 573 g/mol. The summed E-state index contributed by atoms with van der Waals surface area (Å²) in [6, 6.07) is 13.1. The van der Waals surface area contributed by atoms with E-state index in [1.165, 1.54) is 30.0 Å². The highest BCUT2D eigenvalue weighted by Crippen LogP contribution is 2.52. The zero-order valence-electron chi connectivity index (χ0n) is 22.0. The molecule has 208 valence electrons. The second-order valence-electron chi connectivity index (χ2n) is 9.92. The molecule has 12 heteroatoms. The van der Waals surface area contributed by atoms with Crippen molar-refractivity contribution in [3.63, 3.8) is 0 Å². The second-order valence-corrected chi connectivity index (χ2v) is 10.9. The number of thiophene rings is 1. The van der Waals surface area contributed by atoms with Crippen molar-refractivity contribution >= 4 is 34.6 Å². The summed E-state index contributed by atoms with van der Waals surface area (Å²) in [7, 11) is 1.30. The van der Waals surface area contributed by atoms with Crippen molar-refractivity contribution in [2.75, 3.05) is 12.4 Å². The van der Waals surface area contributed by atoms with Crippen LogP contribution in [0, 0.1) is 17.0 Å². The standard InChI is InChI=1S/C29H24N4O7S/c1-14-24-25(16-11-20(33(38)39)27(35)22(13-16)40-2)26-18(10-15(12-21(26)34)23-8-5-9-41-23)30-28(24)32(31-14)19-7-4-3-6-17(19)29(36)37/h3-9,11,13,15,25,30,35H,10,12H2,1-2H3,(H,36,37). The van der Waals surface area contributed by atoms with Gasteiger partial charge in [0.05, 0.1) is 29.0 Å². The number of aromatic hydroxyl groups is 1. The summed E-state index contributed by atoms with van der Waals surface area (Å²) in [6.07, 6.45) is 0.763. The Morgan fingerprint density at radius 3 is 2.68 bits per heavy atom. The maximum atomic E-state index is 13.9. The Labute approximate surface area is 237 Å². The summed E-state index contributed by atoms with van der Waals surface area (Å²) in [5, 5.41) is 42.3. The number of rotatable bonds is 6. The van der Waals surface area contributed by atoms with Crippen LogP contribution in [0.15, 0.2) is 65.2 Å². The van der Waals surface area contributed by atoms with E-state index in [0.29, 0.717) is 46.0 Å². The normalized spacial score (nSPS) is 18.0. The van der Waals surface area contributed by atoms with E-state index in [1.807, 2.05) is 17.5 Å². The number of nitro groups is 1. The molecule has 11 nitrogen and oxygen atoms in total. The van der Waals surface area contributed by atoms with Crippen molar-refractivity contribution in [1.29, 1.82) is 0 Å². The van der Waals surface area contributed by atoms with E-state index < -0.39 is 28.2 Å². The van der Waals surface area contributed by atoms with Gasteiger partial charge in [0.2, 0.25) is 5.75 Å². The van der Waals surface area contributed by atoms with E-state index in [2.05, 4.69) is 5.32 Å². The van der Waals surface area contributed by atoms with E-state index in [0.717, 1.165) is 4.88 Å². The molecule has 6 rings (SSSR count). The number of aromatic nitrogens is 2. The molecule has 2 aromatic carbocycles. The summed E-state index contributed by atoms with van der Waals surface area (Å²) in [4.78, 5) is 38.2. The summed E-state index contributed by atoms with van der Waals surface area (Å²) >= 11 is 1.57. The summed E-state index contributed by atoms with van der Waals surface area (Å²) in [5.74, 6) is -2.33. The van der Waals surface area contributed by atoms with Gasteiger partial charge in [-0.2, -0.15) is 5.10 Å². The first kappa shape index (κ1) is 26.3. The number of carbonyl (C=O) groups is 2. The zero-order valence-corrected chi connectivity index (χ0v) is 22.8. The van der Waals surface area contributed by atoms with E-state index in [4.69, 9.17) is 9.84 Å². The molecular weight excluding hydrogens is 548 g/mol. The quantitative estimate of drug-likeness (QED) is 0.200. The Morgan fingerprint density at radius 2 is 2.00 bits per heavy atom. The molecule has 3 heterocycles. The molecule has 2 aromatic heterocycles. The molecule has 0 bridgehead atoms. The highest BCUT2D eigenvalue weighted by Gasteiger charge is 2.42. The molecule has 1 aliphatic heterocycles. The van der Waals surface area contributed by atoms with Gasteiger partial charge in [-0.25, -0.2) is 9.48 Å². The number of carboxylic acid groups (broad SMARTS) is 1. The number of aryl methyl sites for hydroxylation is 1. The Kier molecular flexibility index (Phi) is 6.34. The highest BCUT2D eigenvalue weighted by atomic mass is 32.1. The number of nitrogens with zero attached hydrogens (tertiary/aromatic N) is 3. The van der Waals surface area contributed by atoms with Crippen LogP contribution in [0.5, 0.6) is 11.5 Å². The third-order valence-corrected chi connectivity index (χ3v) is 8.63. The Hall–Kier alpha value is -4.97. The smallest absolute Gasteiger partial charge is 0.337 e. The molecule has 0 saturated heterocycles. The number of phenolic OH excluding ortho intramolecular Hbond substituents is 1. The van der Waals surface area contributed by atoms with Crippen LogP contribution < -0.4 is 10.1 Å². The largest absolute Gasteiger partial charge is 0.500 e. The minimum Gasteiger partial charge on any atom is -0.500 e. The highest BCUT2D eigenvalue weighted by molar-refractivity contribution is 7.10. The molecule has 2 aliphatic rings. The molecule has 2 unspecified atom stereocenters. The molecule has 41 heavy (non-hydrogen) atoms. The van der Waals surface area contributed by atoms with Gasteiger partial charge in [0.15, 0.2) is 11.5 Å². The number of aromatic carboxylic acids is 1. The first-order chi connectivity index (χ1) is 19.7. The van der Waals surface area contributed by atoms with Crippen molar-refractivity contribution < 1.29 is 29.5 Å². The lowest BCUT2D eigenvalue weighted by molar-refractivity contribution is -0.386. The molecule has 4 aromatic rings. The van der Waals surface area contributed by atoms with Gasteiger partial charge in [-0.1, -0.05) is 18.2 Å². The maximum absolute atomic E-state index is 13.9. The number of benzene rings is 2. The number of hydrogen-bond acceptors (Lipinski definition) is 9. The molecule has 3 N–H and O–H groups in total. The van der Waals surface area contributed by atoms with Gasteiger partial charge in [0, 0.05) is 46.0 Å². The maximum Gasteiger partial charge on any atom is 0.337 e. The van der Waals surface area contributed by atoms with Crippen molar-refractivity contribution in [1.82, 2.24) is 9.78 Å². The molecule has 0 amide bonds. The number of para-hydroxylation sites is 1. The van der Waals surface area contributed by atoms with Gasteiger partial charge in [0.25, 0.3) is 0 Å². The Morgan fingerprint density at radius 1 is 1.22 bits per heavy atom.